The molecule has 138 valence electrons. The van der Waals surface area contributed by atoms with Crippen molar-refractivity contribution in [2.45, 2.75) is 11.4 Å². The van der Waals surface area contributed by atoms with Crippen molar-refractivity contribution in [2.75, 3.05) is 18.4 Å². The number of rotatable bonds is 6. The second-order valence-corrected chi connectivity index (χ2v) is 7.59. The Balaban J connectivity index is 1.94. The molecule has 2 aromatic carbocycles. The molecule has 0 spiro atoms. The number of methoxy groups -OCH3 is 1. The van der Waals surface area contributed by atoms with Crippen LogP contribution in [0.25, 0.3) is 10.9 Å². The molecular weight excluding hydrogens is 385 g/mol. The molecular formula is C16H15ClFN3O4S. The molecule has 0 saturated heterocycles. The highest BCUT2D eigenvalue weighted by molar-refractivity contribution is 7.92. The summed E-state index contributed by atoms with van der Waals surface area (Å²) in [6.45, 7) is 0.869. The average molecular weight is 400 g/mol. The number of benzene rings is 2. The van der Waals surface area contributed by atoms with Crippen LogP contribution in [0.1, 0.15) is 0 Å². The number of anilines is 1. The van der Waals surface area contributed by atoms with Crippen molar-refractivity contribution in [1.29, 1.82) is 0 Å². The molecule has 0 radical (unpaired) electrons. The van der Waals surface area contributed by atoms with Gasteiger partial charge in [0, 0.05) is 12.8 Å². The van der Waals surface area contributed by atoms with Gasteiger partial charge in [0.15, 0.2) is 0 Å². The van der Waals surface area contributed by atoms with Crippen LogP contribution in [0.2, 0.25) is 5.02 Å². The van der Waals surface area contributed by atoms with Gasteiger partial charge in [-0.15, -0.1) is 0 Å². The number of nitrogens with zero attached hydrogens (tertiary/aromatic N) is 1. The second-order valence-electron chi connectivity index (χ2n) is 5.50. The Labute approximate surface area is 153 Å². The number of fused-ring (bicyclic) bond motifs is 1. The van der Waals surface area contributed by atoms with Crippen LogP contribution >= 0.6 is 11.6 Å². The molecule has 1 aromatic heterocycles. The summed E-state index contributed by atoms with van der Waals surface area (Å²) in [5.41, 5.74) is 0.481. The lowest BCUT2D eigenvalue weighted by Gasteiger charge is -2.09. The first kappa shape index (κ1) is 18.4. The van der Waals surface area contributed by atoms with Crippen molar-refractivity contribution in [3.63, 3.8) is 0 Å². The maximum atomic E-state index is 13.2. The summed E-state index contributed by atoms with van der Waals surface area (Å²) in [5, 5.41) is 2.70. The van der Waals surface area contributed by atoms with Crippen molar-refractivity contribution in [2.24, 2.45) is 0 Å². The largest absolute Gasteiger partial charge is 0.383 e. The van der Waals surface area contributed by atoms with Gasteiger partial charge in [-0.2, -0.15) is 0 Å². The molecule has 3 aromatic rings. The normalized spacial score (nSPS) is 11.8. The lowest BCUT2D eigenvalue weighted by atomic mass is 10.2. The highest BCUT2D eigenvalue weighted by atomic mass is 35.5. The van der Waals surface area contributed by atoms with Gasteiger partial charge in [-0.25, -0.2) is 12.8 Å². The molecule has 0 fully saturated rings. The van der Waals surface area contributed by atoms with E-state index in [2.05, 4.69) is 9.82 Å². The Bertz CT molecular complexity index is 1120. The fourth-order valence-electron chi connectivity index (χ4n) is 2.48. The Morgan fingerprint density at radius 2 is 2.04 bits per heavy atom. The van der Waals surface area contributed by atoms with Gasteiger partial charge in [-0.3, -0.25) is 19.3 Å². The molecule has 26 heavy (non-hydrogen) atoms. The minimum Gasteiger partial charge on any atom is -0.383 e. The van der Waals surface area contributed by atoms with Gasteiger partial charge >= 0.3 is 0 Å². The summed E-state index contributed by atoms with van der Waals surface area (Å²) in [6, 6.07) is 7.68. The van der Waals surface area contributed by atoms with Crippen molar-refractivity contribution < 1.29 is 17.5 Å². The Hall–Kier alpha value is -2.36. The zero-order valence-electron chi connectivity index (χ0n) is 13.6. The van der Waals surface area contributed by atoms with E-state index in [1.807, 2.05) is 0 Å². The number of hydrogen-bond acceptors (Lipinski definition) is 4. The molecule has 10 heteroatoms. The van der Waals surface area contributed by atoms with Crippen LogP contribution in [0.4, 0.5) is 10.1 Å². The molecule has 0 saturated carbocycles. The number of aromatic nitrogens is 2. The van der Waals surface area contributed by atoms with E-state index in [1.54, 1.807) is 17.9 Å². The van der Waals surface area contributed by atoms with Crippen LogP contribution in [-0.2, 0) is 21.3 Å². The standard InChI is InChI=1S/C16H15ClFN3O4S/c1-25-7-6-21-15-5-2-10(8-12(15)16(22)19-21)20-26(23,24)11-3-4-14(18)13(17)9-11/h2-5,8-9,20H,6-7H2,1H3,(H,19,22). The SMILES string of the molecule is COCCn1[nH]c(=O)c2cc(NS(=O)(=O)c3ccc(F)c(Cl)c3)ccc21. The molecule has 7 nitrogen and oxygen atoms in total. The van der Waals surface area contributed by atoms with E-state index < -0.39 is 15.8 Å². The third kappa shape index (κ3) is 3.59. The van der Waals surface area contributed by atoms with Gasteiger partial charge < -0.3 is 4.74 Å². The Morgan fingerprint density at radius 1 is 1.27 bits per heavy atom. The molecule has 1 heterocycles. The minimum absolute atomic E-state index is 0.185. The number of halogens is 2. The van der Waals surface area contributed by atoms with E-state index in [-0.39, 0.29) is 21.2 Å². The van der Waals surface area contributed by atoms with Gasteiger partial charge in [0.05, 0.1) is 34.0 Å². The number of sulfonamides is 1. The fourth-order valence-corrected chi connectivity index (χ4v) is 3.80. The maximum Gasteiger partial charge on any atom is 0.272 e. The van der Waals surface area contributed by atoms with Crippen LogP contribution in [0.15, 0.2) is 46.1 Å². The number of H-pyrrole nitrogens is 1. The van der Waals surface area contributed by atoms with E-state index >= 15 is 0 Å². The monoisotopic (exact) mass is 399 g/mol. The lowest BCUT2D eigenvalue weighted by Crippen LogP contribution is -2.13. The molecule has 0 aliphatic carbocycles. The Morgan fingerprint density at radius 3 is 2.73 bits per heavy atom. The number of aromatic amines is 1. The van der Waals surface area contributed by atoms with Crippen LogP contribution in [0, 0.1) is 5.82 Å². The van der Waals surface area contributed by atoms with Crippen molar-refractivity contribution in [1.82, 2.24) is 9.78 Å². The fraction of sp³-hybridized carbons (Fsp3) is 0.188. The zero-order valence-corrected chi connectivity index (χ0v) is 15.2. The first-order valence-electron chi connectivity index (χ1n) is 7.51. The molecule has 3 rings (SSSR count). The zero-order chi connectivity index (χ0) is 18.9. The summed E-state index contributed by atoms with van der Waals surface area (Å²) in [5.74, 6) is -0.712. The summed E-state index contributed by atoms with van der Waals surface area (Å²) < 4.78 is 47.1. The third-order valence-electron chi connectivity index (χ3n) is 3.74. The van der Waals surface area contributed by atoms with Crippen molar-refractivity contribution in [3.05, 3.63) is 57.6 Å². The summed E-state index contributed by atoms with van der Waals surface area (Å²) >= 11 is 5.64. The molecule has 0 atom stereocenters. The number of ether oxygens (including phenoxy) is 1. The molecule has 0 unspecified atom stereocenters. The van der Waals surface area contributed by atoms with Crippen molar-refractivity contribution in [3.8, 4) is 0 Å². The van der Waals surface area contributed by atoms with E-state index in [0.29, 0.717) is 24.1 Å². The molecule has 0 aliphatic rings. The molecule has 0 aliphatic heterocycles. The van der Waals surface area contributed by atoms with E-state index in [0.717, 1.165) is 18.2 Å². The van der Waals surface area contributed by atoms with Crippen LogP contribution in [-0.4, -0.2) is 31.9 Å². The topological polar surface area (TPSA) is 93.2 Å². The van der Waals surface area contributed by atoms with Crippen LogP contribution in [0.3, 0.4) is 0 Å². The quantitative estimate of drug-likeness (QED) is 0.666. The van der Waals surface area contributed by atoms with Gasteiger partial charge in [-0.05, 0) is 36.4 Å². The summed E-state index contributed by atoms with van der Waals surface area (Å²) in [4.78, 5) is 11.9. The van der Waals surface area contributed by atoms with Crippen LogP contribution in [0.5, 0.6) is 0 Å². The van der Waals surface area contributed by atoms with Gasteiger partial charge in [0.1, 0.15) is 5.82 Å². The average Bonchev–Trinajstić information content (AvgIpc) is 2.90. The Kier molecular flexibility index (Phi) is 5.03. The minimum atomic E-state index is -3.98. The predicted molar refractivity (Wildman–Crippen MR) is 96.7 cm³/mol. The highest BCUT2D eigenvalue weighted by Gasteiger charge is 2.17. The second kappa shape index (κ2) is 7.10. The van der Waals surface area contributed by atoms with Crippen molar-refractivity contribution >= 4 is 38.2 Å². The molecule has 0 bridgehead atoms. The smallest absolute Gasteiger partial charge is 0.272 e. The summed E-state index contributed by atoms with van der Waals surface area (Å²) in [7, 11) is -2.43. The number of hydrogen-bond donors (Lipinski definition) is 2. The summed E-state index contributed by atoms with van der Waals surface area (Å²) in [6.07, 6.45) is 0. The van der Waals surface area contributed by atoms with Gasteiger partial charge in [-0.1, -0.05) is 11.6 Å². The highest BCUT2D eigenvalue weighted by Crippen LogP contribution is 2.23. The molecule has 2 N–H and O–H groups in total. The lowest BCUT2D eigenvalue weighted by molar-refractivity contribution is 0.184. The van der Waals surface area contributed by atoms with Crippen LogP contribution < -0.4 is 10.3 Å². The van der Waals surface area contributed by atoms with E-state index in [9.17, 15) is 17.6 Å². The molecule has 0 amide bonds. The third-order valence-corrected chi connectivity index (χ3v) is 5.41. The first-order valence-corrected chi connectivity index (χ1v) is 9.37. The number of nitrogens with one attached hydrogen (secondary N) is 2. The van der Waals surface area contributed by atoms with Gasteiger partial charge in [0.2, 0.25) is 0 Å². The maximum absolute atomic E-state index is 13.2. The predicted octanol–water partition coefficient (Wildman–Crippen LogP) is 2.57. The van der Waals surface area contributed by atoms with E-state index in [1.165, 1.54) is 12.1 Å². The van der Waals surface area contributed by atoms with Gasteiger partial charge in [0.25, 0.3) is 15.6 Å². The first-order chi connectivity index (χ1) is 12.3. The van der Waals surface area contributed by atoms with E-state index in [4.69, 9.17) is 16.3 Å².